The van der Waals surface area contributed by atoms with E-state index < -0.39 is 5.97 Å². The van der Waals surface area contributed by atoms with Crippen molar-refractivity contribution in [2.45, 2.75) is 75.9 Å². The van der Waals surface area contributed by atoms with E-state index in [9.17, 15) is 19.5 Å². The van der Waals surface area contributed by atoms with E-state index in [1.54, 1.807) is 0 Å². The first-order valence-corrected chi connectivity index (χ1v) is 13.5. The molecule has 0 bridgehead atoms. The lowest BCUT2D eigenvalue weighted by atomic mass is 9.80. The van der Waals surface area contributed by atoms with Gasteiger partial charge < -0.3 is 14.9 Å². The molecule has 2 aromatic rings. The SMILES string of the molecule is O=C(O)CCC(=O)N(C1CC1)[C@H]1c2ccc(Cl)cc2N(C(=O)C2Cc3ccccc3C2)[C@H]2CCC[C@H]21. The molecule has 3 aliphatic carbocycles. The molecule has 4 aliphatic rings. The van der Waals surface area contributed by atoms with Gasteiger partial charge in [-0.2, -0.15) is 0 Å². The van der Waals surface area contributed by atoms with Crippen molar-refractivity contribution < 1.29 is 19.5 Å². The molecular weight excluding hydrogens is 476 g/mol. The van der Waals surface area contributed by atoms with Crippen LogP contribution >= 0.6 is 11.6 Å². The molecule has 3 atom stereocenters. The molecule has 188 valence electrons. The number of carbonyl (C=O) groups excluding carboxylic acids is 2. The second-order valence-electron chi connectivity index (χ2n) is 10.8. The Morgan fingerprint density at radius 3 is 2.36 bits per heavy atom. The van der Waals surface area contributed by atoms with Crippen LogP contribution in [0, 0.1) is 11.8 Å². The van der Waals surface area contributed by atoms with Gasteiger partial charge in [0, 0.05) is 35.4 Å². The maximum Gasteiger partial charge on any atom is 0.303 e. The molecule has 6 nitrogen and oxygen atoms in total. The van der Waals surface area contributed by atoms with Gasteiger partial charge >= 0.3 is 5.97 Å². The molecular formula is C29H31ClN2O4. The third-order valence-electron chi connectivity index (χ3n) is 8.56. The molecule has 0 spiro atoms. The zero-order valence-corrected chi connectivity index (χ0v) is 21.0. The van der Waals surface area contributed by atoms with E-state index in [4.69, 9.17) is 11.6 Å². The molecule has 0 unspecified atom stereocenters. The van der Waals surface area contributed by atoms with Gasteiger partial charge in [0.1, 0.15) is 0 Å². The first-order valence-electron chi connectivity index (χ1n) is 13.1. The number of rotatable bonds is 6. The molecule has 1 N–H and O–H groups in total. The van der Waals surface area contributed by atoms with E-state index >= 15 is 0 Å². The second-order valence-corrected chi connectivity index (χ2v) is 11.3. The van der Waals surface area contributed by atoms with E-state index in [0.717, 1.165) is 56.2 Å². The number of halogens is 1. The van der Waals surface area contributed by atoms with E-state index in [0.29, 0.717) is 5.02 Å². The highest BCUT2D eigenvalue weighted by molar-refractivity contribution is 6.31. The predicted molar refractivity (Wildman–Crippen MR) is 137 cm³/mol. The van der Waals surface area contributed by atoms with Gasteiger partial charge in [0.05, 0.1) is 18.2 Å². The van der Waals surface area contributed by atoms with Crippen molar-refractivity contribution in [3.05, 3.63) is 64.2 Å². The summed E-state index contributed by atoms with van der Waals surface area (Å²) in [5.41, 5.74) is 4.31. The largest absolute Gasteiger partial charge is 0.481 e. The summed E-state index contributed by atoms with van der Waals surface area (Å²) in [7, 11) is 0. The summed E-state index contributed by atoms with van der Waals surface area (Å²) in [6.07, 6.45) is 6.09. The van der Waals surface area contributed by atoms with Crippen molar-refractivity contribution in [1.29, 1.82) is 0 Å². The lowest BCUT2D eigenvalue weighted by Crippen LogP contribution is -2.54. The second kappa shape index (κ2) is 9.22. The van der Waals surface area contributed by atoms with Crippen LogP contribution in [-0.4, -0.2) is 39.9 Å². The lowest BCUT2D eigenvalue weighted by Gasteiger charge is -2.48. The van der Waals surface area contributed by atoms with Crippen molar-refractivity contribution in [2.75, 3.05) is 4.90 Å². The van der Waals surface area contributed by atoms with Gasteiger partial charge in [-0.25, -0.2) is 0 Å². The third-order valence-corrected chi connectivity index (χ3v) is 8.79. The van der Waals surface area contributed by atoms with Crippen LogP contribution in [0.25, 0.3) is 0 Å². The number of hydrogen-bond donors (Lipinski definition) is 1. The van der Waals surface area contributed by atoms with Gasteiger partial charge in [-0.05, 0) is 67.3 Å². The summed E-state index contributed by atoms with van der Waals surface area (Å²) < 4.78 is 0. The van der Waals surface area contributed by atoms with Crippen LogP contribution in [0.2, 0.25) is 5.02 Å². The van der Waals surface area contributed by atoms with Gasteiger partial charge in [0.2, 0.25) is 11.8 Å². The summed E-state index contributed by atoms with van der Waals surface area (Å²) >= 11 is 6.49. The highest BCUT2D eigenvalue weighted by atomic mass is 35.5. The number of carboxylic acid groups (broad SMARTS) is 1. The van der Waals surface area contributed by atoms with Gasteiger partial charge in [-0.15, -0.1) is 0 Å². The molecule has 36 heavy (non-hydrogen) atoms. The number of carbonyl (C=O) groups is 3. The summed E-state index contributed by atoms with van der Waals surface area (Å²) in [4.78, 5) is 42.8. The summed E-state index contributed by atoms with van der Waals surface area (Å²) in [6.45, 7) is 0. The first-order chi connectivity index (χ1) is 17.4. The van der Waals surface area contributed by atoms with Gasteiger partial charge in [-0.3, -0.25) is 14.4 Å². The van der Waals surface area contributed by atoms with Gasteiger partial charge in [-0.1, -0.05) is 48.4 Å². The average molecular weight is 507 g/mol. The Balaban J connectivity index is 1.38. The normalized spacial score (nSPS) is 24.7. The Hall–Kier alpha value is -2.86. The topological polar surface area (TPSA) is 77.9 Å². The Kier molecular flexibility index (Phi) is 6.03. The van der Waals surface area contributed by atoms with Gasteiger partial charge in [0.25, 0.3) is 0 Å². The Labute approximate surface area is 216 Å². The minimum atomic E-state index is -0.956. The fraction of sp³-hybridized carbons (Fsp3) is 0.483. The van der Waals surface area contributed by atoms with Gasteiger partial charge in [0.15, 0.2) is 0 Å². The molecule has 2 fully saturated rings. The van der Waals surface area contributed by atoms with E-state index in [1.165, 1.54) is 11.1 Å². The quantitative estimate of drug-likeness (QED) is 0.586. The number of aliphatic carboxylic acids is 1. The fourth-order valence-corrected chi connectivity index (χ4v) is 7.06. The van der Waals surface area contributed by atoms with Crippen molar-refractivity contribution in [2.24, 2.45) is 11.8 Å². The maximum absolute atomic E-state index is 14.2. The number of amides is 2. The molecule has 2 aromatic carbocycles. The standard InChI is InChI=1S/C29H31ClN2O4/c30-20-8-11-23-25(16-20)32(29(36)19-14-17-4-1-2-5-18(17)15-19)24-7-3-6-22(24)28(23)31(21-9-10-21)26(33)12-13-27(34)35/h1-2,4-5,8,11,16,19,21-22,24,28H,3,6-7,9-10,12-15H2,(H,34,35)/t22-,24+,28-/m1/s1. The maximum atomic E-state index is 14.2. The zero-order valence-electron chi connectivity index (χ0n) is 20.2. The van der Waals surface area contributed by atoms with Crippen LogP contribution in [0.3, 0.4) is 0 Å². The van der Waals surface area contributed by atoms with Crippen LogP contribution in [0.4, 0.5) is 5.69 Å². The Morgan fingerprint density at radius 1 is 0.972 bits per heavy atom. The first kappa shape index (κ1) is 23.5. The molecule has 2 saturated carbocycles. The Bertz CT molecular complexity index is 1200. The van der Waals surface area contributed by atoms with Crippen LogP contribution in [-0.2, 0) is 27.2 Å². The van der Waals surface area contributed by atoms with E-state index in [2.05, 4.69) is 12.1 Å². The molecule has 2 amide bonds. The molecule has 0 radical (unpaired) electrons. The fourth-order valence-electron chi connectivity index (χ4n) is 6.89. The van der Waals surface area contributed by atoms with Crippen LogP contribution in [0.1, 0.15) is 67.7 Å². The lowest BCUT2D eigenvalue weighted by molar-refractivity contribution is -0.143. The van der Waals surface area contributed by atoms with Crippen molar-refractivity contribution in [3.63, 3.8) is 0 Å². The minimum absolute atomic E-state index is 0.00558. The molecule has 1 aliphatic heterocycles. The summed E-state index contributed by atoms with van der Waals surface area (Å²) in [5.74, 6) is -0.852. The highest BCUT2D eigenvalue weighted by Crippen LogP contribution is 2.53. The molecule has 0 saturated heterocycles. The van der Waals surface area contributed by atoms with E-state index in [1.807, 2.05) is 40.1 Å². The van der Waals surface area contributed by atoms with Crippen LogP contribution in [0.5, 0.6) is 0 Å². The van der Waals surface area contributed by atoms with Crippen molar-refractivity contribution >= 4 is 35.1 Å². The summed E-state index contributed by atoms with van der Waals surface area (Å²) in [6, 6.07) is 14.1. The van der Waals surface area contributed by atoms with Crippen molar-refractivity contribution in [3.8, 4) is 0 Å². The number of fused-ring (bicyclic) bond motifs is 3. The average Bonchev–Trinajstić information content (AvgIpc) is 3.40. The number of anilines is 1. The van der Waals surface area contributed by atoms with Crippen LogP contribution in [0.15, 0.2) is 42.5 Å². The number of nitrogens with zero attached hydrogens (tertiary/aromatic N) is 2. The molecule has 1 heterocycles. The molecule has 6 rings (SSSR count). The minimum Gasteiger partial charge on any atom is -0.481 e. The predicted octanol–water partition coefficient (Wildman–Crippen LogP) is 5.17. The van der Waals surface area contributed by atoms with Crippen molar-refractivity contribution in [1.82, 2.24) is 4.90 Å². The number of carboxylic acids is 1. The highest BCUT2D eigenvalue weighted by Gasteiger charge is 2.52. The molecule has 7 heteroatoms. The monoisotopic (exact) mass is 506 g/mol. The smallest absolute Gasteiger partial charge is 0.303 e. The summed E-state index contributed by atoms with van der Waals surface area (Å²) in [5, 5.41) is 9.76. The zero-order chi connectivity index (χ0) is 25.0. The van der Waals surface area contributed by atoms with Crippen LogP contribution < -0.4 is 4.90 Å². The Morgan fingerprint density at radius 2 is 1.69 bits per heavy atom. The molecule has 0 aromatic heterocycles. The number of benzene rings is 2. The van der Waals surface area contributed by atoms with E-state index in [-0.39, 0.29) is 54.6 Å². The third kappa shape index (κ3) is 4.09. The number of hydrogen-bond acceptors (Lipinski definition) is 3.